The van der Waals surface area contributed by atoms with Crippen LogP contribution in [0, 0.1) is 5.41 Å². The van der Waals surface area contributed by atoms with Crippen LogP contribution in [-0.4, -0.2) is 44.5 Å². The second-order valence-corrected chi connectivity index (χ2v) is 9.00. The van der Waals surface area contributed by atoms with Gasteiger partial charge < -0.3 is 4.90 Å². The van der Waals surface area contributed by atoms with E-state index in [1.165, 1.54) is 12.1 Å². The van der Waals surface area contributed by atoms with Gasteiger partial charge >= 0.3 is 6.18 Å². The lowest BCUT2D eigenvalue weighted by atomic mass is 9.91. The summed E-state index contributed by atoms with van der Waals surface area (Å²) in [6.07, 6.45) is -4.75. The molecular formula is C16H19F4NO2S. The van der Waals surface area contributed by atoms with Crippen molar-refractivity contribution in [2.24, 2.45) is 5.41 Å². The fourth-order valence-electron chi connectivity index (χ4n) is 3.69. The number of sulfone groups is 1. The Kier molecular flexibility index (Phi) is 4.40. The highest BCUT2D eigenvalue weighted by atomic mass is 32.2. The first-order chi connectivity index (χ1) is 11.1. The van der Waals surface area contributed by atoms with Gasteiger partial charge in [0.2, 0.25) is 0 Å². The summed E-state index contributed by atoms with van der Waals surface area (Å²) in [6, 6.07) is 4.15. The molecule has 8 heteroatoms. The molecule has 0 unspecified atom stereocenters. The Balaban J connectivity index is 1.50. The number of hydrogen-bond donors (Lipinski definition) is 0. The summed E-state index contributed by atoms with van der Waals surface area (Å²) >= 11 is 0. The molecular weight excluding hydrogens is 346 g/mol. The summed E-state index contributed by atoms with van der Waals surface area (Å²) in [5.74, 6) is 0.433. The quantitative estimate of drug-likeness (QED) is 0.769. The predicted octanol–water partition coefficient (Wildman–Crippen LogP) is 3.23. The smallest absolute Gasteiger partial charge is 0.303 e. The molecule has 0 bridgehead atoms. The van der Waals surface area contributed by atoms with Crippen molar-refractivity contribution in [1.82, 2.24) is 4.90 Å². The highest BCUT2D eigenvalue weighted by Crippen LogP contribution is 2.41. The van der Waals surface area contributed by atoms with Crippen LogP contribution in [0.5, 0.6) is 0 Å². The van der Waals surface area contributed by atoms with E-state index in [2.05, 4.69) is 0 Å². The lowest BCUT2D eigenvalue weighted by molar-refractivity contribution is -0.137. The Morgan fingerprint density at radius 2 is 1.79 bits per heavy atom. The molecule has 2 saturated heterocycles. The molecule has 3 rings (SSSR count). The zero-order valence-electron chi connectivity index (χ0n) is 13.0. The molecule has 1 atom stereocenters. The van der Waals surface area contributed by atoms with E-state index in [1.54, 1.807) is 0 Å². The van der Waals surface area contributed by atoms with Crippen molar-refractivity contribution >= 4 is 9.84 Å². The summed E-state index contributed by atoms with van der Waals surface area (Å²) in [4.78, 5) is 2.05. The van der Waals surface area contributed by atoms with Gasteiger partial charge in [0.05, 0.1) is 17.1 Å². The van der Waals surface area contributed by atoms with Gasteiger partial charge in [0.1, 0.15) is 6.17 Å². The highest BCUT2D eigenvalue weighted by molar-refractivity contribution is 7.92. The summed E-state index contributed by atoms with van der Waals surface area (Å²) < 4.78 is 74.4. The summed E-state index contributed by atoms with van der Waals surface area (Å²) in [6.45, 7) is 1.88. The molecule has 0 amide bonds. The largest absolute Gasteiger partial charge is 0.416 e. The van der Waals surface area contributed by atoms with Crippen LogP contribution in [0.3, 0.4) is 0 Å². The minimum atomic E-state index is -4.42. The van der Waals surface area contributed by atoms with Gasteiger partial charge in [-0.1, -0.05) is 12.1 Å². The van der Waals surface area contributed by atoms with Crippen molar-refractivity contribution in [1.29, 1.82) is 0 Å². The van der Waals surface area contributed by atoms with Crippen molar-refractivity contribution in [2.45, 2.75) is 25.2 Å². The molecule has 24 heavy (non-hydrogen) atoms. The highest BCUT2D eigenvalue weighted by Gasteiger charge is 2.51. The zero-order chi connectivity index (χ0) is 17.6. The van der Waals surface area contributed by atoms with E-state index < -0.39 is 27.7 Å². The van der Waals surface area contributed by atoms with Crippen LogP contribution >= 0.6 is 0 Å². The molecule has 0 saturated carbocycles. The van der Waals surface area contributed by atoms with E-state index in [0.717, 1.165) is 25.1 Å². The molecule has 2 aliphatic heterocycles. The molecule has 0 radical (unpaired) electrons. The first-order valence-electron chi connectivity index (χ1n) is 7.83. The molecule has 0 aromatic heterocycles. The van der Waals surface area contributed by atoms with Crippen LogP contribution in [0.1, 0.15) is 30.1 Å². The average molecular weight is 365 g/mol. The molecule has 0 N–H and O–H groups in total. The zero-order valence-corrected chi connectivity index (χ0v) is 13.8. The predicted molar refractivity (Wildman–Crippen MR) is 82.1 cm³/mol. The summed E-state index contributed by atoms with van der Waals surface area (Å²) in [5.41, 5.74) is -0.701. The van der Waals surface area contributed by atoms with Crippen LogP contribution in [0.25, 0.3) is 0 Å². The van der Waals surface area contributed by atoms with Crippen LogP contribution in [-0.2, 0) is 16.0 Å². The minimum absolute atomic E-state index is 0.154. The van der Waals surface area contributed by atoms with Crippen LogP contribution in [0.2, 0.25) is 0 Å². The maximum atomic E-state index is 14.2. The average Bonchev–Trinajstić information content (AvgIpc) is 2.86. The second-order valence-electron chi connectivity index (χ2n) is 6.93. The van der Waals surface area contributed by atoms with E-state index in [1.807, 2.05) is 4.90 Å². The Morgan fingerprint density at radius 1 is 1.17 bits per heavy atom. The number of alkyl halides is 4. The van der Waals surface area contributed by atoms with Gasteiger partial charge in [0, 0.05) is 18.5 Å². The topological polar surface area (TPSA) is 37.4 Å². The molecule has 1 spiro atoms. The maximum absolute atomic E-state index is 14.2. The van der Waals surface area contributed by atoms with Gasteiger partial charge in [-0.15, -0.1) is 0 Å². The molecule has 2 aliphatic rings. The van der Waals surface area contributed by atoms with Crippen molar-refractivity contribution < 1.29 is 26.0 Å². The number of hydrogen-bond acceptors (Lipinski definition) is 3. The monoisotopic (exact) mass is 365 g/mol. The van der Waals surface area contributed by atoms with Crippen molar-refractivity contribution in [3.05, 3.63) is 35.4 Å². The lowest BCUT2D eigenvalue weighted by Gasteiger charge is -2.37. The third-order valence-corrected chi connectivity index (χ3v) is 6.97. The van der Waals surface area contributed by atoms with Gasteiger partial charge in [0.15, 0.2) is 9.84 Å². The number of benzene rings is 1. The molecule has 2 heterocycles. The molecule has 1 aromatic carbocycles. The number of rotatable bonds is 4. The Hall–Kier alpha value is -1.15. The third-order valence-electron chi connectivity index (χ3n) is 4.87. The Morgan fingerprint density at radius 3 is 2.33 bits per heavy atom. The van der Waals surface area contributed by atoms with E-state index in [4.69, 9.17) is 0 Å². The molecule has 1 aromatic rings. The van der Waals surface area contributed by atoms with Gasteiger partial charge in [0.25, 0.3) is 0 Å². The molecule has 3 nitrogen and oxygen atoms in total. The van der Waals surface area contributed by atoms with Crippen LogP contribution in [0.15, 0.2) is 24.3 Å². The first kappa shape index (κ1) is 17.7. The SMILES string of the molecule is O=S1(=O)CC2(CCN(CC[C@@H](F)c3ccc(C(F)(F)F)cc3)C2)C1. The fraction of sp³-hybridized carbons (Fsp3) is 0.625. The van der Waals surface area contributed by atoms with E-state index in [0.29, 0.717) is 13.1 Å². The van der Waals surface area contributed by atoms with Crippen LogP contribution < -0.4 is 0 Å². The van der Waals surface area contributed by atoms with Gasteiger partial charge in [-0.2, -0.15) is 13.2 Å². The Labute approximate surface area is 138 Å². The minimum Gasteiger partial charge on any atom is -0.303 e. The first-order valence-corrected chi connectivity index (χ1v) is 9.65. The Bertz CT molecular complexity index is 688. The fourth-order valence-corrected chi connectivity index (χ4v) is 5.94. The second kappa shape index (κ2) is 5.98. The lowest BCUT2D eigenvalue weighted by Crippen LogP contribution is -2.50. The van der Waals surface area contributed by atoms with Gasteiger partial charge in [-0.3, -0.25) is 0 Å². The standard InChI is InChI=1S/C16H19F4NO2S/c17-14(12-1-3-13(4-2-12)16(18,19)20)5-7-21-8-6-15(9-21)10-24(22,23)11-15/h1-4,14H,5-11H2/t14-/m1/s1. The van der Waals surface area contributed by atoms with E-state index in [-0.39, 0.29) is 28.9 Å². The molecule has 2 fully saturated rings. The number of halogens is 4. The van der Waals surface area contributed by atoms with Crippen molar-refractivity contribution in [3.63, 3.8) is 0 Å². The van der Waals surface area contributed by atoms with Gasteiger partial charge in [-0.05, 0) is 37.1 Å². The molecule has 134 valence electrons. The summed E-state index contributed by atoms with van der Waals surface area (Å²) in [7, 11) is -2.88. The number of likely N-dealkylation sites (tertiary alicyclic amines) is 1. The van der Waals surface area contributed by atoms with E-state index >= 15 is 0 Å². The van der Waals surface area contributed by atoms with Gasteiger partial charge in [-0.25, -0.2) is 12.8 Å². The third kappa shape index (κ3) is 3.74. The molecule has 0 aliphatic carbocycles. The van der Waals surface area contributed by atoms with Crippen molar-refractivity contribution in [3.8, 4) is 0 Å². The number of nitrogens with zero attached hydrogens (tertiary/aromatic N) is 1. The maximum Gasteiger partial charge on any atom is 0.416 e. The van der Waals surface area contributed by atoms with Crippen molar-refractivity contribution in [2.75, 3.05) is 31.1 Å². The van der Waals surface area contributed by atoms with E-state index in [9.17, 15) is 26.0 Å². The summed E-state index contributed by atoms with van der Waals surface area (Å²) in [5, 5.41) is 0. The normalized spacial score (nSPS) is 24.0. The van der Waals surface area contributed by atoms with Crippen LogP contribution in [0.4, 0.5) is 17.6 Å².